The summed E-state index contributed by atoms with van der Waals surface area (Å²) in [5.74, 6) is -1.43. The van der Waals surface area contributed by atoms with Crippen molar-refractivity contribution in [3.05, 3.63) is 255 Å². The van der Waals surface area contributed by atoms with Crippen LogP contribution in [0.4, 0.5) is 0 Å². The van der Waals surface area contributed by atoms with Crippen LogP contribution < -0.4 is 11.2 Å². The quantitative estimate of drug-likeness (QED) is 0.0126. The van der Waals surface area contributed by atoms with Gasteiger partial charge in [-0.05, 0) is 268 Å². The van der Waals surface area contributed by atoms with E-state index >= 15 is 0 Å². The first kappa shape index (κ1) is 90.4. The fourth-order valence-corrected chi connectivity index (χ4v) is 17.1. The van der Waals surface area contributed by atoms with E-state index in [0.717, 1.165) is 102 Å². The van der Waals surface area contributed by atoms with Crippen LogP contribution in [0.2, 0.25) is 0 Å². The first-order chi connectivity index (χ1) is 53.0. The third-order valence-corrected chi connectivity index (χ3v) is 22.3. The number of primary amides is 1. The number of hydrogen-bond acceptors (Lipinski definition) is 25. The average Bonchev–Trinajstić information content (AvgIpc) is 1.69. The third-order valence-electron chi connectivity index (χ3n) is 16.2. The number of carboxylic acids is 1. The molecule has 0 saturated heterocycles. The minimum atomic E-state index is -0.963. The second-order valence-corrected chi connectivity index (χ2v) is 31.7. The highest BCUT2D eigenvalue weighted by atomic mass is 32.2. The summed E-state index contributed by atoms with van der Waals surface area (Å²) in [5.41, 5.74) is 22.6. The van der Waals surface area contributed by atoms with Gasteiger partial charge in [-0.1, -0.05) is 116 Å². The van der Waals surface area contributed by atoms with Crippen LogP contribution in [0.5, 0.6) is 0 Å². The van der Waals surface area contributed by atoms with Crippen molar-refractivity contribution in [3.63, 3.8) is 0 Å². The van der Waals surface area contributed by atoms with Crippen LogP contribution >= 0.6 is 93.6 Å². The number of fused-ring (bicyclic) bond motifs is 7. The summed E-state index contributed by atoms with van der Waals surface area (Å²) in [5, 5.41) is 27.6. The van der Waals surface area contributed by atoms with Crippen LogP contribution in [0.1, 0.15) is 154 Å². The molecule has 14 aromatic rings. The Kier molecular flexibility index (Phi) is 36.2. The van der Waals surface area contributed by atoms with Gasteiger partial charge in [0.1, 0.15) is 11.4 Å². The van der Waals surface area contributed by atoms with Crippen molar-refractivity contribution < 1.29 is 54.1 Å². The third kappa shape index (κ3) is 26.0. The standard InChI is InChI=1S/C15H19NS.C11H12N2O2S.C11H11NS.C10H9NOS.C9H8N2OS.C9H7NO2S.C9H6O2S.C7H8S.C2H7NO.H2O2/c1-4-5-6-7-12(3)15-13-9-8-11(2)10-14(13)17-16-15;1-7-4-5-8-9(6-7)16-12-10(8)11(14)13(2)15-3;1-7(2)11-9-5-4-8(3)6-10(9)13-12-11;1-6-3-4-8-9(5-6)13-11-10(8)7(2)12;1-5-2-3-6-7(4-5)13-11-8(6)9(10)12;1-5-2-3-6-7(4-5)13-10-8(6)9(11)12;1-5-2-3-6-7(4-5)12-9(11)8(6)10;1-6-3-2-4-7(8)5-6;1-3-4-2;1-2/h4,8-10,12H,1,5-7H2,2-3H3;4-6H,1-3H3;4-6H,1H2,2-3H3;3-5H,1-2H3;2-4H,1H3,(H2,10,12);2-4H,1H3,(H,11,12);2-4H,1H3;2-5,8H,1H3;3H,1-2H3;1-2H. The van der Waals surface area contributed by atoms with Gasteiger partial charge in [0.25, 0.3) is 16.9 Å². The number of amides is 2. The maximum absolute atomic E-state index is 11.9. The van der Waals surface area contributed by atoms with Crippen molar-refractivity contribution in [1.82, 2.24) is 36.8 Å². The molecular weight excluding hydrogens is 1560 g/mol. The Morgan fingerprint density at radius 2 is 0.919 bits per heavy atom. The molecule has 1 unspecified atom stereocenters. The van der Waals surface area contributed by atoms with Gasteiger partial charge in [-0.15, -0.1) is 19.2 Å². The molecule has 0 spiro atoms. The number of hydrogen-bond donors (Lipinski definition) is 6. The van der Waals surface area contributed by atoms with E-state index in [-0.39, 0.29) is 28.3 Å². The van der Waals surface area contributed by atoms with E-state index in [2.05, 4.69) is 139 Å². The molecule has 6 aromatic heterocycles. The first-order valence-corrected chi connectivity index (χ1v) is 40.2. The van der Waals surface area contributed by atoms with Crippen LogP contribution in [0.15, 0.2) is 181 Å². The van der Waals surface area contributed by atoms with E-state index in [1.807, 2.05) is 139 Å². The van der Waals surface area contributed by atoms with Crippen LogP contribution in [0.3, 0.4) is 0 Å². The lowest BCUT2D eigenvalue weighted by molar-refractivity contribution is -0.176. The molecule has 111 heavy (non-hydrogen) atoms. The van der Waals surface area contributed by atoms with E-state index in [1.54, 1.807) is 63.3 Å². The summed E-state index contributed by atoms with van der Waals surface area (Å²) < 4.78 is 31.8. The molecule has 8 aromatic carbocycles. The van der Waals surface area contributed by atoms with E-state index in [4.69, 9.17) is 26.2 Å². The number of carbonyl (C=O) groups is 6. The molecule has 0 radical (unpaired) electrons. The summed E-state index contributed by atoms with van der Waals surface area (Å²) in [4.78, 5) is 77.7. The number of Topliss-reactive ketones (excluding diaryl/α,β-unsaturated/α-hetero) is 2. The number of rotatable bonds is 12. The van der Waals surface area contributed by atoms with Gasteiger partial charge in [0.2, 0.25) is 5.78 Å². The Morgan fingerprint density at radius 3 is 1.32 bits per heavy atom. The summed E-state index contributed by atoms with van der Waals surface area (Å²) in [6, 6.07) is 49.9. The Bertz CT molecular complexity index is 5190. The lowest BCUT2D eigenvalue weighted by Crippen LogP contribution is -2.25. The molecule has 1 aliphatic rings. The van der Waals surface area contributed by atoms with Crippen LogP contribution in [0.25, 0.3) is 66.1 Å². The summed E-state index contributed by atoms with van der Waals surface area (Å²) in [6.45, 7) is 29.7. The second kappa shape index (κ2) is 44.5. The first-order valence-electron chi connectivity index (χ1n) is 34.3. The molecule has 2 amide bonds. The number of carbonyl (C=O) groups excluding carboxylic acids is 5. The fraction of sp³-hybridized carbons (Fsp3) is 0.229. The molecule has 0 bridgehead atoms. The molecule has 1 atom stereocenters. The van der Waals surface area contributed by atoms with Crippen LogP contribution in [0, 0.1) is 55.4 Å². The maximum atomic E-state index is 11.9. The molecule has 20 nitrogen and oxygen atoms in total. The Morgan fingerprint density at radius 1 is 0.550 bits per heavy atom. The Labute approximate surface area is 680 Å². The number of aromatic nitrogens is 6. The smallest absolute Gasteiger partial charge is 0.356 e. The Hall–Kier alpha value is -9.50. The van der Waals surface area contributed by atoms with Crippen molar-refractivity contribution >= 4 is 194 Å². The molecule has 0 aliphatic carbocycles. The molecule has 0 saturated carbocycles. The van der Waals surface area contributed by atoms with Crippen molar-refractivity contribution in [1.29, 1.82) is 0 Å². The number of thioether (sulfide) groups is 1. The number of nitrogens with zero attached hydrogens (tertiary/aromatic N) is 7. The van der Waals surface area contributed by atoms with Gasteiger partial charge in [-0.2, -0.15) is 26.2 Å². The van der Waals surface area contributed by atoms with Gasteiger partial charge < -0.3 is 15.7 Å². The predicted molar refractivity (Wildman–Crippen MR) is 464 cm³/mol. The van der Waals surface area contributed by atoms with E-state index in [0.29, 0.717) is 28.6 Å². The van der Waals surface area contributed by atoms with Crippen molar-refractivity contribution in [2.75, 3.05) is 28.3 Å². The molecule has 580 valence electrons. The number of ketones is 2. The zero-order valence-corrected chi connectivity index (χ0v) is 70.9. The SMILES string of the molecule is C=C(C)c1nsc2cc(C)ccc12.C=CCCCC(C)c1nsc2cc(C)ccc12.CC(=O)c1nsc2cc(C)ccc12.CNOC.CON(C)C(=O)c1nsc2cc(C)ccc12.Cc1ccc2c(C(=O)O)nsc2c1.Cc1ccc2c(C(N)=O)nsc2c1.Cc1ccc2c(c1)SC(=O)C2=O.Cc1cccc(S)c1.OO. The number of benzene rings is 8. The predicted octanol–water partition coefficient (Wildman–Crippen LogP) is 21.6. The lowest BCUT2D eigenvalue weighted by Gasteiger charge is -2.11. The molecule has 6 N–H and O–H groups in total. The lowest BCUT2D eigenvalue weighted by atomic mass is 9.97. The molecule has 0 fully saturated rings. The number of nitrogens with two attached hydrogens (primary N) is 1. The Balaban J connectivity index is 0.000000197. The van der Waals surface area contributed by atoms with Gasteiger partial charge >= 0.3 is 5.97 Å². The normalized spacial score (nSPS) is 11.1. The molecule has 28 heteroatoms. The molecular formula is C83H89N9O11S8. The minimum Gasteiger partial charge on any atom is -0.476 e. The number of thiol groups is 1. The zero-order chi connectivity index (χ0) is 81.8. The zero-order valence-electron chi connectivity index (χ0n) is 64.2. The van der Waals surface area contributed by atoms with Gasteiger partial charge in [0.15, 0.2) is 17.2 Å². The van der Waals surface area contributed by atoms with Gasteiger partial charge in [0.05, 0.1) is 53.8 Å². The van der Waals surface area contributed by atoms with Gasteiger partial charge in [-0.3, -0.25) is 39.3 Å². The summed E-state index contributed by atoms with van der Waals surface area (Å²) in [6.07, 6.45) is 5.50. The maximum Gasteiger partial charge on any atom is 0.356 e. The number of unbranched alkanes of at least 4 members (excludes halogenated alkanes) is 1. The van der Waals surface area contributed by atoms with Crippen LogP contribution in [-0.2, 0) is 14.5 Å². The number of aromatic carboxylic acids is 1. The molecule has 1 aliphatic heterocycles. The molecule has 7 heterocycles. The number of aryl methyl sites for hydroxylation is 8. The van der Waals surface area contributed by atoms with Crippen molar-refractivity contribution in [2.45, 2.75) is 111 Å². The van der Waals surface area contributed by atoms with Gasteiger partial charge in [0, 0.05) is 74.6 Å². The highest BCUT2D eigenvalue weighted by Crippen LogP contribution is 2.35. The highest BCUT2D eigenvalue weighted by Gasteiger charge is 2.29. The monoisotopic (exact) mass is 1640 g/mol. The number of hydroxylamine groups is 3. The van der Waals surface area contributed by atoms with Crippen molar-refractivity contribution in [2.24, 2.45) is 5.73 Å². The topological polar surface area (TPSA) is 300 Å². The summed E-state index contributed by atoms with van der Waals surface area (Å²) >= 11 is 13.6. The summed E-state index contributed by atoms with van der Waals surface area (Å²) in [7, 11) is 6.30. The molecule has 15 rings (SSSR count). The van der Waals surface area contributed by atoms with Gasteiger partial charge in [-0.25, -0.2) is 15.3 Å². The number of allylic oxidation sites excluding steroid dienone is 2. The minimum absolute atomic E-state index is 0.0371. The number of carboxylic acid groups (broad SMARTS) is 1. The highest BCUT2D eigenvalue weighted by molar-refractivity contribution is 8.16. The largest absolute Gasteiger partial charge is 0.476 e. The fourth-order valence-electron chi connectivity index (χ4n) is 10.4. The van der Waals surface area contributed by atoms with E-state index in [9.17, 15) is 28.8 Å². The average molecular weight is 1650 g/mol. The number of nitrogens with one attached hydrogen (secondary N) is 1. The van der Waals surface area contributed by atoms with Crippen molar-refractivity contribution in [3.8, 4) is 0 Å². The van der Waals surface area contributed by atoms with Crippen LogP contribution in [-0.4, -0.2) is 110 Å². The van der Waals surface area contributed by atoms with E-state index in [1.165, 1.54) is 119 Å². The van der Waals surface area contributed by atoms with E-state index < -0.39 is 11.9 Å². The second-order valence-electron chi connectivity index (χ2n) is 25.3.